The molecule has 0 fully saturated rings. The molecule has 0 amide bonds. The van der Waals surface area contributed by atoms with Crippen LogP contribution in [0.5, 0.6) is 0 Å². The molecule has 0 radical (unpaired) electrons. The molecule has 7 nitrogen and oxygen atoms in total. The minimum Gasteiger partial charge on any atom is -0.461 e. The van der Waals surface area contributed by atoms with Gasteiger partial charge in [0.1, 0.15) is 12.0 Å². The van der Waals surface area contributed by atoms with Crippen LogP contribution in [-0.2, 0) is 6.42 Å². The summed E-state index contributed by atoms with van der Waals surface area (Å²) in [7, 11) is 0. The van der Waals surface area contributed by atoms with Crippen molar-refractivity contribution in [2.24, 2.45) is 0 Å². The molecule has 3 aromatic heterocycles. The molecule has 112 valence electrons. The summed E-state index contributed by atoms with van der Waals surface area (Å²) in [4.78, 5) is 28.8. The molecule has 0 aliphatic carbocycles. The molecule has 23 heavy (non-hydrogen) atoms. The zero-order chi connectivity index (χ0) is 15.8. The lowest BCUT2D eigenvalue weighted by Gasteiger charge is -2.04. The van der Waals surface area contributed by atoms with Gasteiger partial charge in [-0.25, -0.2) is 9.38 Å². The molecule has 4 aromatic rings. The second kappa shape index (κ2) is 5.13. The number of hydrogen-bond donors (Lipinski definition) is 0. The van der Waals surface area contributed by atoms with Crippen molar-refractivity contribution in [2.45, 2.75) is 6.42 Å². The largest absolute Gasteiger partial charge is 0.461 e. The minimum absolute atomic E-state index is 0.0565. The van der Waals surface area contributed by atoms with Crippen molar-refractivity contribution in [1.29, 1.82) is 0 Å². The lowest BCUT2D eigenvalue weighted by atomic mass is 10.2. The van der Waals surface area contributed by atoms with Crippen LogP contribution in [-0.4, -0.2) is 25.4 Å². The number of carbonyl (C=O) groups is 1. The van der Waals surface area contributed by atoms with Crippen LogP contribution in [0.15, 0.2) is 58.2 Å². The molecule has 1 aromatic carbocycles. The first-order valence-corrected chi connectivity index (χ1v) is 6.92. The summed E-state index contributed by atoms with van der Waals surface area (Å²) in [5.41, 5.74) is 0.782. The van der Waals surface area contributed by atoms with E-state index >= 15 is 0 Å². The standard InChI is InChI=1S/C16H10N4O3/c21-13(14-6-3-7-23-14)8-12-16(22)20-9-17-11-5-2-1-4-10(11)15(20)19-18-12/h1-7,9H,8H2. The van der Waals surface area contributed by atoms with E-state index in [2.05, 4.69) is 15.2 Å². The van der Waals surface area contributed by atoms with Gasteiger partial charge in [-0.1, -0.05) is 12.1 Å². The summed E-state index contributed by atoms with van der Waals surface area (Å²) >= 11 is 0. The number of benzene rings is 1. The normalized spacial score (nSPS) is 11.1. The maximum Gasteiger partial charge on any atom is 0.281 e. The smallest absolute Gasteiger partial charge is 0.281 e. The zero-order valence-electron chi connectivity index (χ0n) is 11.8. The number of para-hydroxylation sites is 1. The Morgan fingerprint density at radius 2 is 2.00 bits per heavy atom. The molecule has 0 N–H and O–H groups in total. The second-order valence-electron chi connectivity index (χ2n) is 4.98. The number of furan rings is 1. The van der Waals surface area contributed by atoms with Crippen LogP contribution in [0.2, 0.25) is 0 Å². The molecular weight excluding hydrogens is 296 g/mol. The maximum absolute atomic E-state index is 12.5. The van der Waals surface area contributed by atoms with Crippen LogP contribution in [0.1, 0.15) is 16.2 Å². The van der Waals surface area contributed by atoms with Crippen LogP contribution >= 0.6 is 0 Å². The number of hydrogen-bond acceptors (Lipinski definition) is 6. The predicted octanol–water partition coefficient (Wildman–Crippen LogP) is 1.66. The second-order valence-corrected chi connectivity index (χ2v) is 4.98. The number of carbonyl (C=O) groups excluding carboxylic acids is 1. The monoisotopic (exact) mass is 306 g/mol. The fraction of sp³-hybridized carbons (Fsp3) is 0.0625. The van der Waals surface area contributed by atoms with Crippen molar-refractivity contribution in [3.63, 3.8) is 0 Å². The lowest BCUT2D eigenvalue weighted by molar-refractivity contribution is 0.0964. The van der Waals surface area contributed by atoms with E-state index in [9.17, 15) is 9.59 Å². The van der Waals surface area contributed by atoms with Crippen LogP contribution in [0.3, 0.4) is 0 Å². The fourth-order valence-corrected chi connectivity index (χ4v) is 2.41. The summed E-state index contributed by atoms with van der Waals surface area (Å²) in [6.45, 7) is 0. The molecule has 0 bridgehead atoms. The van der Waals surface area contributed by atoms with Gasteiger partial charge in [-0.3, -0.25) is 9.59 Å². The number of fused-ring (bicyclic) bond motifs is 3. The predicted molar refractivity (Wildman–Crippen MR) is 81.3 cm³/mol. The van der Waals surface area contributed by atoms with E-state index in [4.69, 9.17) is 4.42 Å². The van der Waals surface area contributed by atoms with Gasteiger partial charge in [-0.15, -0.1) is 10.2 Å². The Hall–Kier alpha value is -3.35. The highest BCUT2D eigenvalue weighted by molar-refractivity contribution is 5.94. The number of nitrogens with zero attached hydrogens (tertiary/aromatic N) is 4. The molecule has 0 unspecified atom stereocenters. The quantitative estimate of drug-likeness (QED) is 0.422. The van der Waals surface area contributed by atoms with Gasteiger partial charge < -0.3 is 4.42 Å². The van der Waals surface area contributed by atoms with Crippen molar-refractivity contribution in [1.82, 2.24) is 19.6 Å². The Balaban J connectivity index is 1.84. The SMILES string of the molecule is O=C(Cc1nnc2c3ccccc3ncn2c1=O)c1ccco1. The van der Waals surface area contributed by atoms with Gasteiger partial charge in [0.2, 0.25) is 5.78 Å². The Morgan fingerprint density at radius 1 is 1.13 bits per heavy atom. The molecule has 3 heterocycles. The first-order valence-electron chi connectivity index (χ1n) is 6.92. The van der Waals surface area contributed by atoms with E-state index in [-0.39, 0.29) is 23.7 Å². The first kappa shape index (κ1) is 13.3. The van der Waals surface area contributed by atoms with Gasteiger partial charge in [-0.05, 0) is 24.3 Å². The maximum atomic E-state index is 12.5. The van der Waals surface area contributed by atoms with Crippen molar-refractivity contribution in [3.05, 3.63) is 70.8 Å². The Bertz CT molecular complexity index is 1080. The third-order valence-corrected chi connectivity index (χ3v) is 3.54. The highest BCUT2D eigenvalue weighted by atomic mass is 16.3. The van der Waals surface area contributed by atoms with Crippen molar-refractivity contribution in [3.8, 4) is 0 Å². The summed E-state index contributed by atoms with van der Waals surface area (Å²) in [6, 6.07) is 10.5. The van der Waals surface area contributed by atoms with E-state index < -0.39 is 5.56 Å². The zero-order valence-corrected chi connectivity index (χ0v) is 11.8. The van der Waals surface area contributed by atoms with Gasteiger partial charge in [0.05, 0.1) is 18.2 Å². The Kier molecular flexibility index (Phi) is 2.97. The van der Waals surface area contributed by atoms with Crippen LogP contribution in [0.25, 0.3) is 16.6 Å². The topological polar surface area (TPSA) is 90.4 Å². The number of aromatic nitrogens is 4. The molecule has 0 aliphatic heterocycles. The highest BCUT2D eigenvalue weighted by Gasteiger charge is 2.16. The summed E-state index contributed by atoms with van der Waals surface area (Å²) < 4.78 is 6.34. The fourth-order valence-electron chi connectivity index (χ4n) is 2.41. The molecule has 0 aliphatic rings. The minimum atomic E-state index is -0.409. The number of Topliss-reactive ketones (excluding diaryl/α,β-unsaturated/α-hetero) is 1. The van der Waals surface area contributed by atoms with Gasteiger partial charge in [0.15, 0.2) is 11.4 Å². The van der Waals surface area contributed by atoms with Gasteiger partial charge in [0, 0.05) is 5.39 Å². The van der Waals surface area contributed by atoms with Crippen molar-refractivity contribution >= 4 is 22.3 Å². The van der Waals surface area contributed by atoms with Crippen LogP contribution in [0.4, 0.5) is 0 Å². The molecule has 0 spiro atoms. The van der Waals surface area contributed by atoms with E-state index in [1.807, 2.05) is 24.3 Å². The molecule has 0 saturated heterocycles. The number of ketones is 1. The molecule has 0 atom stereocenters. The van der Waals surface area contributed by atoms with E-state index in [0.717, 1.165) is 10.9 Å². The van der Waals surface area contributed by atoms with Crippen LogP contribution in [0, 0.1) is 0 Å². The van der Waals surface area contributed by atoms with Crippen molar-refractivity contribution in [2.75, 3.05) is 0 Å². The third kappa shape index (κ3) is 2.18. The first-order chi connectivity index (χ1) is 11.2. The number of rotatable bonds is 3. The molecule has 4 rings (SSSR count). The van der Waals surface area contributed by atoms with Gasteiger partial charge >= 0.3 is 0 Å². The Morgan fingerprint density at radius 3 is 2.83 bits per heavy atom. The lowest BCUT2D eigenvalue weighted by Crippen LogP contribution is -2.24. The highest BCUT2D eigenvalue weighted by Crippen LogP contribution is 2.14. The molecule has 7 heteroatoms. The summed E-state index contributed by atoms with van der Waals surface area (Å²) in [6.07, 6.45) is 2.63. The third-order valence-electron chi connectivity index (χ3n) is 3.54. The van der Waals surface area contributed by atoms with Crippen molar-refractivity contribution < 1.29 is 9.21 Å². The van der Waals surface area contributed by atoms with Gasteiger partial charge in [0.25, 0.3) is 5.56 Å². The molecule has 0 saturated carbocycles. The average molecular weight is 306 g/mol. The summed E-state index contributed by atoms with van der Waals surface area (Å²) in [5, 5.41) is 8.75. The van der Waals surface area contributed by atoms with Gasteiger partial charge in [-0.2, -0.15) is 0 Å². The average Bonchev–Trinajstić information content (AvgIpc) is 3.12. The summed E-state index contributed by atoms with van der Waals surface area (Å²) in [5.74, 6) is -0.136. The Labute approximate surface area is 129 Å². The van der Waals surface area contributed by atoms with E-state index in [1.54, 1.807) is 12.1 Å². The molecular formula is C16H10N4O3. The van der Waals surface area contributed by atoms with E-state index in [1.165, 1.54) is 17.0 Å². The van der Waals surface area contributed by atoms with E-state index in [0.29, 0.717) is 5.65 Å². The van der Waals surface area contributed by atoms with Crippen LogP contribution < -0.4 is 5.56 Å².